The monoisotopic (exact) mass is 234 g/mol. The van der Waals surface area contributed by atoms with Gasteiger partial charge < -0.3 is 5.73 Å². The minimum absolute atomic E-state index is 0.0602. The Morgan fingerprint density at radius 1 is 1.33 bits per heavy atom. The normalized spacial score (nSPS) is 21.1. The second-order valence-corrected chi connectivity index (χ2v) is 6.95. The van der Waals surface area contributed by atoms with Crippen molar-refractivity contribution in [2.45, 2.75) is 31.2 Å². The fraction of sp³-hybridized carbons (Fsp3) is 1.00. The lowest BCUT2D eigenvalue weighted by atomic mass is 9.96. The van der Waals surface area contributed by atoms with Gasteiger partial charge in [-0.25, -0.2) is 8.42 Å². The molecule has 1 rings (SSSR count). The minimum Gasteiger partial charge on any atom is -0.329 e. The second-order valence-electron chi connectivity index (χ2n) is 4.69. The van der Waals surface area contributed by atoms with Crippen molar-refractivity contribution < 1.29 is 8.42 Å². The molecule has 0 radical (unpaired) electrons. The van der Waals surface area contributed by atoms with Crippen LogP contribution in [0.25, 0.3) is 0 Å². The Hall–Kier alpha value is -0.130. The quantitative estimate of drug-likeness (QED) is 0.740. The van der Waals surface area contributed by atoms with Crippen LogP contribution in [0.5, 0.6) is 0 Å². The summed E-state index contributed by atoms with van der Waals surface area (Å²) in [5, 5.41) is 0. The van der Waals surface area contributed by atoms with E-state index in [-0.39, 0.29) is 11.3 Å². The summed E-state index contributed by atoms with van der Waals surface area (Å²) in [5.41, 5.74) is 5.88. The highest BCUT2D eigenvalue weighted by molar-refractivity contribution is 7.90. The summed E-state index contributed by atoms with van der Waals surface area (Å²) in [6.07, 6.45) is 5.90. The number of hydrogen-bond donors (Lipinski definition) is 1. The molecule has 4 nitrogen and oxygen atoms in total. The van der Waals surface area contributed by atoms with Crippen LogP contribution in [0.4, 0.5) is 0 Å². The van der Waals surface area contributed by atoms with Crippen LogP contribution in [0, 0.1) is 0 Å². The fourth-order valence-electron chi connectivity index (χ4n) is 2.31. The molecular formula is C10H22N2O2S. The Morgan fingerprint density at radius 3 is 2.27 bits per heavy atom. The molecule has 0 aromatic heterocycles. The summed E-state index contributed by atoms with van der Waals surface area (Å²) in [5.74, 6) is 0.227. The number of likely N-dealkylation sites (N-methyl/N-ethyl adjacent to an activating group) is 1. The summed E-state index contributed by atoms with van der Waals surface area (Å²) in [7, 11) is -0.877. The Labute approximate surface area is 92.7 Å². The molecule has 0 unspecified atom stereocenters. The third-order valence-electron chi connectivity index (χ3n) is 3.52. The Balaban J connectivity index is 2.54. The molecule has 1 aliphatic rings. The van der Waals surface area contributed by atoms with E-state index in [2.05, 4.69) is 4.90 Å². The van der Waals surface area contributed by atoms with E-state index in [1.165, 1.54) is 19.1 Å². The van der Waals surface area contributed by atoms with Crippen molar-refractivity contribution in [3.63, 3.8) is 0 Å². The van der Waals surface area contributed by atoms with E-state index in [0.717, 1.165) is 12.8 Å². The van der Waals surface area contributed by atoms with E-state index >= 15 is 0 Å². The van der Waals surface area contributed by atoms with Crippen LogP contribution in [-0.4, -0.2) is 51.0 Å². The SMILES string of the molecule is CN(CCS(C)(=O)=O)C1(CN)CCCC1. The molecule has 1 fully saturated rings. The Bertz CT molecular complexity index is 295. The molecule has 1 aliphatic carbocycles. The topological polar surface area (TPSA) is 63.4 Å². The van der Waals surface area contributed by atoms with Gasteiger partial charge >= 0.3 is 0 Å². The van der Waals surface area contributed by atoms with Crippen LogP contribution < -0.4 is 5.73 Å². The predicted octanol–water partition coefficient (Wildman–Crippen LogP) is 0.234. The third kappa shape index (κ3) is 3.43. The molecule has 90 valence electrons. The van der Waals surface area contributed by atoms with Crippen molar-refractivity contribution in [3.8, 4) is 0 Å². The molecule has 0 aliphatic heterocycles. The van der Waals surface area contributed by atoms with Crippen molar-refractivity contribution in [1.29, 1.82) is 0 Å². The third-order valence-corrected chi connectivity index (χ3v) is 4.45. The van der Waals surface area contributed by atoms with Crippen LogP contribution in [0.2, 0.25) is 0 Å². The van der Waals surface area contributed by atoms with Crippen molar-refractivity contribution in [2.24, 2.45) is 5.73 Å². The molecule has 5 heteroatoms. The van der Waals surface area contributed by atoms with Crippen molar-refractivity contribution in [3.05, 3.63) is 0 Å². The molecular weight excluding hydrogens is 212 g/mol. The Kier molecular flexibility index (Phi) is 4.14. The summed E-state index contributed by atoms with van der Waals surface area (Å²) in [4.78, 5) is 2.14. The van der Waals surface area contributed by atoms with Gasteiger partial charge in [-0.1, -0.05) is 12.8 Å². The van der Waals surface area contributed by atoms with E-state index in [1.54, 1.807) is 0 Å². The molecule has 0 amide bonds. The number of rotatable bonds is 5. The second kappa shape index (κ2) is 4.80. The number of nitrogens with zero attached hydrogens (tertiary/aromatic N) is 1. The molecule has 0 aromatic carbocycles. The van der Waals surface area contributed by atoms with Gasteiger partial charge in [0.2, 0.25) is 0 Å². The first-order valence-electron chi connectivity index (χ1n) is 5.49. The molecule has 1 saturated carbocycles. The van der Waals surface area contributed by atoms with Gasteiger partial charge in [-0.3, -0.25) is 4.90 Å². The van der Waals surface area contributed by atoms with E-state index < -0.39 is 9.84 Å². The van der Waals surface area contributed by atoms with Gasteiger partial charge in [0, 0.05) is 24.9 Å². The van der Waals surface area contributed by atoms with Crippen molar-refractivity contribution in [1.82, 2.24) is 4.90 Å². The lowest BCUT2D eigenvalue weighted by molar-refractivity contribution is 0.140. The molecule has 0 heterocycles. The molecule has 0 atom stereocenters. The van der Waals surface area contributed by atoms with E-state index in [1.807, 2.05) is 7.05 Å². The molecule has 15 heavy (non-hydrogen) atoms. The van der Waals surface area contributed by atoms with Gasteiger partial charge in [-0.2, -0.15) is 0 Å². The molecule has 0 aromatic rings. The minimum atomic E-state index is -2.87. The Morgan fingerprint density at radius 2 is 1.87 bits per heavy atom. The van der Waals surface area contributed by atoms with Gasteiger partial charge in [0.25, 0.3) is 0 Å². The summed E-state index contributed by atoms with van der Waals surface area (Å²) < 4.78 is 22.2. The first-order chi connectivity index (χ1) is 6.90. The highest BCUT2D eigenvalue weighted by Crippen LogP contribution is 2.33. The van der Waals surface area contributed by atoms with Gasteiger partial charge in [0.15, 0.2) is 0 Å². The van der Waals surface area contributed by atoms with Crippen molar-refractivity contribution in [2.75, 3.05) is 32.1 Å². The van der Waals surface area contributed by atoms with Crippen LogP contribution in [-0.2, 0) is 9.84 Å². The predicted molar refractivity (Wildman–Crippen MR) is 62.6 cm³/mol. The highest BCUT2D eigenvalue weighted by Gasteiger charge is 2.36. The molecule has 0 bridgehead atoms. The van der Waals surface area contributed by atoms with Crippen LogP contribution in [0.3, 0.4) is 0 Å². The van der Waals surface area contributed by atoms with Crippen molar-refractivity contribution >= 4 is 9.84 Å². The maximum Gasteiger partial charge on any atom is 0.148 e. The average Bonchev–Trinajstić information content (AvgIpc) is 2.62. The van der Waals surface area contributed by atoms with Gasteiger partial charge in [0.1, 0.15) is 9.84 Å². The van der Waals surface area contributed by atoms with E-state index in [4.69, 9.17) is 5.73 Å². The summed E-state index contributed by atoms with van der Waals surface area (Å²) >= 11 is 0. The smallest absolute Gasteiger partial charge is 0.148 e. The lowest BCUT2D eigenvalue weighted by Gasteiger charge is -2.37. The largest absolute Gasteiger partial charge is 0.329 e. The van der Waals surface area contributed by atoms with Crippen LogP contribution in [0.1, 0.15) is 25.7 Å². The zero-order valence-electron chi connectivity index (χ0n) is 9.70. The zero-order valence-corrected chi connectivity index (χ0v) is 10.5. The fourth-order valence-corrected chi connectivity index (χ4v) is 2.92. The van der Waals surface area contributed by atoms with Gasteiger partial charge in [0.05, 0.1) is 5.75 Å². The first-order valence-corrected chi connectivity index (χ1v) is 7.55. The number of sulfone groups is 1. The van der Waals surface area contributed by atoms with Gasteiger partial charge in [-0.15, -0.1) is 0 Å². The first kappa shape index (κ1) is 12.9. The summed E-state index contributed by atoms with van der Waals surface area (Å²) in [6, 6.07) is 0. The van der Waals surface area contributed by atoms with E-state index in [0.29, 0.717) is 13.1 Å². The average molecular weight is 234 g/mol. The lowest BCUT2D eigenvalue weighted by Crippen LogP contribution is -2.51. The maximum absolute atomic E-state index is 11.1. The molecule has 2 N–H and O–H groups in total. The van der Waals surface area contributed by atoms with Crippen LogP contribution >= 0.6 is 0 Å². The van der Waals surface area contributed by atoms with Crippen LogP contribution in [0.15, 0.2) is 0 Å². The van der Waals surface area contributed by atoms with Gasteiger partial charge in [-0.05, 0) is 19.9 Å². The molecule has 0 spiro atoms. The number of nitrogens with two attached hydrogens (primary N) is 1. The summed E-state index contributed by atoms with van der Waals surface area (Å²) in [6.45, 7) is 1.23. The highest BCUT2D eigenvalue weighted by atomic mass is 32.2. The maximum atomic E-state index is 11.1. The number of hydrogen-bond acceptors (Lipinski definition) is 4. The zero-order chi connectivity index (χ0) is 11.5. The standard InChI is InChI=1S/C10H22N2O2S/c1-12(7-8-15(2,13)14)10(9-11)5-3-4-6-10/h3-9,11H2,1-2H3. The van der Waals surface area contributed by atoms with E-state index in [9.17, 15) is 8.42 Å². The molecule has 0 saturated heterocycles.